The Labute approximate surface area is 151 Å². The van der Waals surface area contributed by atoms with Gasteiger partial charge in [-0.3, -0.25) is 9.59 Å². The van der Waals surface area contributed by atoms with Crippen molar-refractivity contribution >= 4 is 35.0 Å². The molecule has 0 fully saturated rings. The van der Waals surface area contributed by atoms with Crippen LogP contribution in [0.5, 0.6) is 0 Å². The summed E-state index contributed by atoms with van der Waals surface area (Å²) in [7, 11) is 3.10. The van der Waals surface area contributed by atoms with E-state index in [4.69, 9.17) is 23.2 Å². The zero-order valence-corrected chi connectivity index (χ0v) is 15.4. The maximum atomic E-state index is 12.5. The van der Waals surface area contributed by atoms with Crippen molar-refractivity contribution in [3.63, 3.8) is 0 Å². The van der Waals surface area contributed by atoms with Crippen molar-refractivity contribution in [1.29, 1.82) is 0 Å². The van der Waals surface area contributed by atoms with Gasteiger partial charge in [0.2, 0.25) is 11.8 Å². The van der Waals surface area contributed by atoms with E-state index in [0.717, 1.165) is 0 Å². The molecule has 1 heterocycles. The molecule has 3 N–H and O–H groups in total. The van der Waals surface area contributed by atoms with E-state index >= 15 is 0 Å². The molecule has 0 saturated heterocycles. The van der Waals surface area contributed by atoms with Crippen LogP contribution in [-0.2, 0) is 9.59 Å². The van der Waals surface area contributed by atoms with Gasteiger partial charge in [-0.25, -0.2) is 0 Å². The van der Waals surface area contributed by atoms with Crippen LogP contribution in [0.3, 0.4) is 0 Å². The second kappa shape index (κ2) is 7.28. The first-order chi connectivity index (χ1) is 11.3. The highest BCUT2D eigenvalue weighted by Crippen LogP contribution is 2.41. The van der Waals surface area contributed by atoms with Gasteiger partial charge in [0.15, 0.2) is 0 Å². The lowest BCUT2D eigenvalue weighted by Crippen LogP contribution is -2.37. The van der Waals surface area contributed by atoms with Crippen LogP contribution in [0, 0.1) is 0 Å². The number of halogens is 2. The summed E-state index contributed by atoms with van der Waals surface area (Å²) >= 11 is 12.4. The predicted octanol–water partition coefficient (Wildman–Crippen LogP) is 2.72. The molecule has 0 aliphatic carbocycles. The second-order valence-electron chi connectivity index (χ2n) is 5.46. The fourth-order valence-electron chi connectivity index (χ4n) is 2.91. The summed E-state index contributed by atoms with van der Waals surface area (Å²) in [5.41, 5.74) is 2.90. The van der Waals surface area contributed by atoms with Gasteiger partial charge in [0.1, 0.15) is 0 Å². The molecule has 1 aromatic rings. The van der Waals surface area contributed by atoms with E-state index in [1.54, 1.807) is 46.1 Å². The molecule has 0 bridgehead atoms. The minimum atomic E-state index is -0.587. The number of benzene rings is 1. The molecular formula is C17H19Cl2N3O2. The Morgan fingerprint density at radius 2 is 1.50 bits per heavy atom. The smallest absolute Gasteiger partial charge is 0.249 e. The minimum Gasteiger partial charge on any atom is -0.362 e. The number of likely N-dealkylation sites (N-methyl/N-ethyl adjacent to an activating group) is 2. The SMILES string of the molecule is CNC(=O)C1=C(C)NC(C)=C(C(=O)NC)C1c1ccc(Cl)cc1Cl. The van der Waals surface area contributed by atoms with Crippen LogP contribution in [0.15, 0.2) is 40.7 Å². The molecular weight excluding hydrogens is 349 g/mol. The number of rotatable bonds is 3. The lowest BCUT2D eigenvalue weighted by molar-refractivity contribution is -0.117. The van der Waals surface area contributed by atoms with Crippen LogP contribution in [0.2, 0.25) is 10.0 Å². The molecule has 0 aromatic heterocycles. The normalized spacial score (nSPS) is 15.2. The predicted molar refractivity (Wildman–Crippen MR) is 95.9 cm³/mol. The number of amides is 2. The van der Waals surface area contributed by atoms with Gasteiger partial charge in [-0.05, 0) is 31.5 Å². The molecule has 1 aliphatic heterocycles. The van der Waals surface area contributed by atoms with Crippen molar-refractivity contribution in [2.24, 2.45) is 0 Å². The summed E-state index contributed by atoms with van der Waals surface area (Å²) in [4.78, 5) is 24.9. The van der Waals surface area contributed by atoms with Gasteiger partial charge < -0.3 is 16.0 Å². The monoisotopic (exact) mass is 367 g/mol. The number of hydrogen-bond donors (Lipinski definition) is 3. The summed E-state index contributed by atoms with van der Waals surface area (Å²) in [5, 5.41) is 9.25. The average Bonchev–Trinajstić information content (AvgIpc) is 2.53. The Bertz CT molecular complexity index is 731. The lowest BCUT2D eigenvalue weighted by Gasteiger charge is -2.31. The highest BCUT2D eigenvalue weighted by molar-refractivity contribution is 6.35. The van der Waals surface area contributed by atoms with Gasteiger partial charge in [-0.15, -0.1) is 0 Å². The molecule has 24 heavy (non-hydrogen) atoms. The van der Waals surface area contributed by atoms with Gasteiger partial charge in [0.05, 0.1) is 0 Å². The van der Waals surface area contributed by atoms with Crippen LogP contribution >= 0.6 is 23.2 Å². The van der Waals surface area contributed by atoms with Crippen LogP contribution in [0.1, 0.15) is 25.3 Å². The number of nitrogens with one attached hydrogen (secondary N) is 3. The van der Waals surface area contributed by atoms with Crippen molar-refractivity contribution in [3.05, 3.63) is 56.3 Å². The standard InChI is InChI=1S/C17H19Cl2N3O2/c1-8-13(16(23)20-3)15(11-6-5-10(18)7-12(11)19)14(9(2)22-8)17(24)21-4/h5-7,15,22H,1-4H3,(H,20,23)(H,21,24). The molecule has 0 unspecified atom stereocenters. The first-order valence-electron chi connectivity index (χ1n) is 7.39. The molecule has 1 aliphatic rings. The van der Waals surface area contributed by atoms with E-state index < -0.39 is 5.92 Å². The van der Waals surface area contributed by atoms with E-state index in [0.29, 0.717) is 38.1 Å². The van der Waals surface area contributed by atoms with E-state index in [1.807, 2.05) is 0 Å². The van der Waals surface area contributed by atoms with Gasteiger partial charge >= 0.3 is 0 Å². The molecule has 0 radical (unpaired) electrons. The van der Waals surface area contributed by atoms with Crippen LogP contribution in [0.4, 0.5) is 0 Å². The van der Waals surface area contributed by atoms with E-state index in [2.05, 4.69) is 16.0 Å². The van der Waals surface area contributed by atoms with Crippen LogP contribution in [0.25, 0.3) is 0 Å². The zero-order chi connectivity index (χ0) is 18.0. The van der Waals surface area contributed by atoms with Crippen molar-refractivity contribution in [2.45, 2.75) is 19.8 Å². The third kappa shape index (κ3) is 3.28. The molecule has 2 amide bonds. The third-order valence-corrected chi connectivity index (χ3v) is 4.54. The zero-order valence-electron chi connectivity index (χ0n) is 13.9. The van der Waals surface area contributed by atoms with E-state index in [9.17, 15) is 9.59 Å². The number of allylic oxidation sites excluding steroid dienone is 2. The molecule has 5 nitrogen and oxygen atoms in total. The van der Waals surface area contributed by atoms with Gasteiger partial charge in [-0.2, -0.15) is 0 Å². The number of hydrogen-bond acceptors (Lipinski definition) is 3. The topological polar surface area (TPSA) is 70.2 Å². The lowest BCUT2D eigenvalue weighted by atomic mass is 9.79. The summed E-state index contributed by atoms with van der Waals surface area (Å²) < 4.78 is 0. The Morgan fingerprint density at radius 1 is 1.00 bits per heavy atom. The van der Waals surface area contributed by atoms with E-state index in [-0.39, 0.29) is 11.8 Å². The van der Waals surface area contributed by atoms with Crippen molar-refractivity contribution in [2.75, 3.05) is 14.1 Å². The maximum Gasteiger partial charge on any atom is 0.249 e. The number of dihydropyridines is 1. The molecule has 0 atom stereocenters. The molecule has 1 aromatic carbocycles. The van der Waals surface area contributed by atoms with Gasteiger partial charge in [-0.1, -0.05) is 29.3 Å². The molecule has 128 valence electrons. The summed E-state index contributed by atoms with van der Waals surface area (Å²) in [6.07, 6.45) is 0. The van der Waals surface area contributed by atoms with E-state index in [1.165, 1.54) is 0 Å². The summed E-state index contributed by atoms with van der Waals surface area (Å²) in [6, 6.07) is 5.04. The fourth-order valence-corrected chi connectivity index (χ4v) is 3.43. The van der Waals surface area contributed by atoms with Gasteiger partial charge in [0, 0.05) is 52.6 Å². The Hall–Kier alpha value is -1.98. The number of carbonyl (C=O) groups is 2. The molecule has 7 heteroatoms. The Kier molecular flexibility index (Phi) is 5.57. The first-order valence-corrected chi connectivity index (χ1v) is 8.15. The number of carbonyl (C=O) groups excluding carboxylic acids is 2. The summed E-state index contributed by atoms with van der Waals surface area (Å²) in [5.74, 6) is -1.13. The van der Waals surface area contributed by atoms with Crippen molar-refractivity contribution in [1.82, 2.24) is 16.0 Å². The largest absolute Gasteiger partial charge is 0.362 e. The fraction of sp³-hybridized carbons (Fsp3) is 0.294. The quantitative estimate of drug-likeness (QED) is 0.769. The minimum absolute atomic E-state index is 0.273. The third-order valence-electron chi connectivity index (χ3n) is 3.98. The molecule has 2 rings (SSSR count). The molecule has 0 spiro atoms. The van der Waals surface area contributed by atoms with Crippen molar-refractivity contribution < 1.29 is 9.59 Å². The highest BCUT2D eigenvalue weighted by atomic mass is 35.5. The summed E-state index contributed by atoms with van der Waals surface area (Å²) in [6.45, 7) is 3.59. The van der Waals surface area contributed by atoms with Crippen LogP contribution in [-0.4, -0.2) is 25.9 Å². The molecule has 0 saturated carbocycles. The second-order valence-corrected chi connectivity index (χ2v) is 6.30. The average molecular weight is 368 g/mol. The first kappa shape index (κ1) is 18.4. The maximum absolute atomic E-state index is 12.5. The Morgan fingerprint density at radius 3 is 1.92 bits per heavy atom. The highest BCUT2D eigenvalue weighted by Gasteiger charge is 2.36. The van der Waals surface area contributed by atoms with Crippen molar-refractivity contribution in [3.8, 4) is 0 Å². The van der Waals surface area contributed by atoms with Gasteiger partial charge in [0.25, 0.3) is 0 Å². The van der Waals surface area contributed by atoms with Crippen LogP contribution < -0.4 is 16.0 Å². The Balaban J connectivity index is 2.74.